The van der Waals surface area contributed by atoms with Crippen LogP contribution in [0, 0.1) is 11.4 Å². The predicted molar refractivity (Wildman–Crippen MR) is 31.6 cm³/mol. The molecule has 0 spiro atoms. The summed E-state index contributed by atoms with van der Waals surface area (Å²) in [4.78, 5) is 0. The van der Waals surface area contributed by atoms with Crippen molar-refractivity contribution in [2.45, 2.75) is 13.8 Å². The van der Waals surface area contributed by atoms with E-state index >= 15 is 0 Å². The molecule has 0 aliphatic rings. The Morgan fingerprint density at radius 3 is 2.12 bits per heavy atom. The summed E-state index contributed by atoms with van der Waals surface area (Å²) in [5.74, 6) is 5.39. The largest absolute Gasteiger partial charge is 0.321 e. The van der Waals surface area contributed by atoms with E-state index in [4.69, 9.17) is 11.4 Å². The molecular weight excluding hydrogens is 104 g/mol. The summed E-state index contributed by atoms with van der Waals surface area (Å²) in [5.41, 5.74) is 6.50. The van der Waals surface area contributed by atoms with Crippen LogP contribution in [-0.4, -0.2) is 5.84 Å². The minimum Gasteiger partial charge on any atom is -0.321 e. The molecule has 0 rings (SSSR count). The fourth-order valence-electron chi connectivity index (χ4n) is 0.307. The number of nitrogens with two attached hydrogens (primary N) is 1. The van der Waals surface area contributed by atoms with Crippen molar-refractivity contribution in [2.24, 2.45) is 22.0 Å². The molecule has 0 unspecified atom stereocenters. The van der Waals surface area contributed by atoms with Gasteiger partial charge in [0.2, 0.25) is 0 Å². The van der Waals surface area contributed by atoms with Crippen LogP contribution in [0.4, 0.5) is 0 Å². The van der Waals surface area contributed by atoms with Crippen molar-refractivity contribution in [3.8, 4) is 0 Å². The molecule has 8 heavy (non-hydrogen) atoms. The van der Waals surface area contributed by atoms with Crippen LogP contribution in [0.3, 0.4) is 0 Å². The van der Waals surface area contributed by atoms with Crippen LogP contribution in [0.15, 0.2) is 10.2 Å². The number of hydrogen-bond donors (Lipinski definition) is 2. The normalized spacial score (nSPS) is 12.1. The zero-order valence-electron chi connectivity index (χ0n) is 5.05. The fourth-order valence-corrected chi connectivity index (χ4v) is 0.307. The Labute approximate surface area is 48.3 Å². The van der Waals surface area contributed by atoms with Gasteiger partial charge in [0, 0.05) is 5.92 Å². The highest BCUT2D eigenvalue weighted by atomic mass is 15.2. The Kier molecular flexibility index (Phi) is 2.76. The van der Waals surface area contributed by atoms with Gasteiger partial charge in [0.25, 0.3) is 0 Å². The van der Waals surface area contributed by atoms with Crippen molar-refractivity contribution in [1.82, 2.24) is 0 Å². The fraction of sp³-hybridized carbons (Fsp3) is 0.750. The van der Waals surface area contributed by atoms with Crippen LogP contribution in [0.25, 0.3) is 0 Å². The van der Waals surface area contributed by atoms with Crippen molar-refractivity contribution < 1.29 is 0 Å². The first-order valence-corrected chi connectivity index (χ1v) is 2.37. The molecule has 0 aromatic carbocycles. The highest BCUT2D eigenvalue weighted by Gasteiger charge is 1.99. The van der Waals surface area contributed by atoms with Crippen molar-refractivity contribution in [3.05, 3.63) is 0 Å². The average molecular weight is 114 g/mol. The maximum absolute atomic E-state index is 6.50. The number of hydrogen-bond acceptors (Lipinski definition) is 3. The second-order valence-electron chi connectivity index (χ2n) is 1.75. The lowest BCUT2D eigenvalue weighted by Gasteiger charge is -1.96. The smallest absolute Gasteiger partial charge is 0.172 e. The summed E-state index contributed by atoms with van der Waals surface area (Å²) in [6, 6.07) is 0. The molecule has 0 aromatic heterocycles. The first-order chi connectivity index (χ1) is 3.72. The van der Waals surface area contributed by atoms with Crippen molar-refractivity contribution in [1.29, 1.82) is 5.53 Å². The standard InChI is InChI=1S/C4H10N4/c1-3(2)4(7-5)8-6/h3,5H,6H2,1-2H3. The van der Waals surface area contributed by atoms with Crippen molar-refractivity contribution in [3.63, 3.8) is 0 Å². The SMILES string of the molecule is CC(C)C(N=N)=NN. The molecule has 0 aromatic rings. The zero-order chi connectivity index (χ0) is 6.57. The van der Waals surface area contributed by atoms with Gasteiger partial charge in [-0.05, 0) is 0 Å². The van der Waals surface area contributed by atoms with E-state index in [1.165, 1.54) is 0 Å². The van der Waals surface area contributed by atoms with Crippen LogP contribution < -0.4 is 5.84 Å². The third-order valence-corrected chi connectivity index (χ3v) is 0.763. The molecule has 46 valence electrons. The molecule has 0 bridgehead atoms. The second kappa shape index (κ2) is 3.12. The van der Waals surface area contributed by atoms with Gasteiger partial charge in [0.15, 0.2) is 5.84 Å². The second-order valence-corrected chi connectivity index (χ2v) is 1.75. The van der Waals surface area contributed by atoms with Gasteiger partial charge in [-0.25, -0.2) is 5.53 Å². The Hall–Kier alpha value is -0.930. The molecule has 0 saturated carbocycles. The van der Waals surface area contributed by atoms with Crippen molar-refractivity contribution in [2.75, 3.05) is 0 Å². The monoisotopic (exact) mass is 114 g/mol. The van der Waals surface area contributed by atoms with Gasteiger partial charge in [-0.3, -0.25) is 0 Å². The number of hydrazone groups is 1. The molecule has 0 aliphatic carbocycles. The highest BCUT2D eigenvalue weighted by Crippen LogP contribution is 1.95. The molecule has 4 heteroatoms. The van der Waals surface area contributed by atoms with Gasteiger partial charge in [0.05, 0.1) is 0 Å². The summed E-state index contributed by atoms with van der Waals surface area (Å²) in [6.07, 6.45) is 0. The summed E-state index contributed by atoms with van der Waals surface area (Å²) >= 11 is 0. The Balaban J connectivity index is 3.91. The first-order valence-electron chi connectivity index (χ1n) is 2.37. The summed E-state index contributed by atoms with van der Waals surface area (Å²) in [6.45, 7) is 3.76. The number of nitrogens with one attached hydrogen (secondary N) is 1. The van der Waals surface area contributed by atoms with E-state index in [0.717, 1.165) is 0 Å². The van der Waals surface area contributed by atoms with E-state index in [-0.39, 0.29) is 5.92 Å². The maximum Gasteiger partial charge on any atom is 0.172 e. The van der Waals surface area contributed by atoms with E-state index in [9.17, 15) is 0 Å². The molecular formula is C4H10N4. The van der Waals surface area contributed by atoms with E-state index in [0.29, 0.717) is 5.84 Å². The van der Waals surface area contributed by atoms with Crippen molar-refractivity contribution >= 4 is 5.84 Å². The summed E-state index contributed by atoms with van der Waals surface area (Å²) in [7, 11) is 0. The minimum atomic E-state index is 0.150. The first kappa shape index (κ1) is 7.07. The molecule has 0 aliphatic heterocycles. The Bertz CT molecular complexity index is 105. The number of nitrogens with zero attached hydrogens (tertiary/aromatic N) is 2. The molecule has 0 amide bonds. The molecule has 4 nitrogen and oxygen atoms in total. The van der Waals surface area contributed by atoms with E-state index in [2.05, 4.69) is 10.2 Å². The Morgan fingerprint density at radius 2 is 2.12 bits per heavy atom. The lowest BCUT2D eigenvalue weighted by Crippen LogP contribution is -2.05. The molecule has 0 fully saturated rings. The Morgan fingerprint density at radius 1 is 1.62 bits per heavy atom. The summed E-state index contributed by atoms with van der Waals surface area (Å²) in [5, 5.41) is 6.35. The lowest BCUT2D eigenvalue weighted by atomic mass is 10.2. The third kappa shape index (κ3) is 1.68. The quantitative estimate of drug-likeness (QED) is 0.172. The van der Waals surface area contributed by atoms with Crippen LogP contribution in [-0.2, 0) is 0 Å². The number of rotatable bonds is 1. The third-order valence-electron chi connectivity index (χ3n) is 0.763. The molecule has 0 atom stereocenters. The lowest BCUT2D eigenvalue weighted by molar-refractivity contribution is 0.846. The molecule has 0 heterocycles. The number of amidine groups is 1. The highest BCUT2D eigenvalue weighted by molar-refractivity contribution is 5.83. The van der Waals surface area contributed by atoms with Gasteiger partial charge in [-0.1, -0.05) is 13.8 Å². The molecule has 3 N–H and O–H groups in total. The van der Waals surface area contributed by atoms with Crippen LogP contribution in [0.2, 0.25) is 0 Å². The summed E-state index contributed by atoms with van der Waals surface area (Å²) < 4.78 is 0. The maximum atomic E-state index is 6.50. The topological polar surface area (TPSA) is 74.6 Å². The van der Waals surface area contributed by atoms with Gasteiger partial charge < -0.3 is 5.84 Å². The zero-order valence-corrected chi connectivity index (χ0v) is 5.05. The average Bonchev–Trinajstić information content (AvgIpc) is 1.69. The van der Waals surface area contributed by atoms with E-state index in [1.807, 2.05) is 13.8 Å². The van der Waals surface area contributed by atoms with E-state index < -0.39 is 0 Å². The van der Waals surface area contributed by atoms with Gasteiger partial charge >= 0.3 is 0 Å². The van der Waals surface area contributed by atoms with Gasteiger partial charge in [-0.2, -0.15) is 5.10 Å². The minimum absolute atomic E-state index is 0.150. The van der Waals surface area contributed by atoms with Crippen LogP contribution in [0.5, 0.6) is 0 Å². The van der Waals surface area contributed by atoms with Crippen LogP contribution in [0.1, 0.15) is 13.8 Å². The molecule has 0 saturated heterocycles. The van der Waals surface area contributed by atoms with Gasteiger partial charge in [0.1, 0.15) is 0 Å². The molecule has 0 radical (unpaired) electrons. The van der Waals surface area contributed by atoms with Gasteiger partial charge in [-0.15, -0.1) is 5.11 Å². The van der Waals surface area contributed by atoms with E-state index in [1.54, 1.807) is 0 Å². The predicted octanol–water partition coefficient (Wildman–Crippen LogP) is 0.946. The van der Waals surface area contributed by atoms with Crippen LogP contribution >= 0.6 is 0 Å².